The third kappa shape index (κ3) is 2.95. The summed E-state index contributed by atoms with van der Waals surface area (Å²) < 4.78 is 0. The molecule has 0 atom stereocenters. The number of aromatic nitrogens is 1. The molecule has 1 aromatic heterocycles. The first-order valence-electron chi connectivity index (χ1n) is 4.94. The maximum atomic E-state index is 10.9. The van der Waals surface area contributed by atoms with Gasteiger partial charge >= 0.3 is 5.97 Å². The van der Waals surface area contributed by atoms with Crippen molar-refractivity contribution < 1.29 is 9.90 Å². The summed E-state index contributed by atoms with van der Waals surface area (Å²) in [6, 6.07) is 4.49. The van der Waals surface area contributed by atoms with Crippen LogP contribution in [0, 0.1) is 0 Å². The first-order chi connectivity index (χ1) is 8.90. The Hall–Kier alpha value is -1.000. The van der Waals surface area contributed by atoms with Gasteiger partial charge in [-0.15, -0.1) is 0 Å². The van der Waals surface area contributed by atoms with E-state index in [1.54, 1.807) is 12.1 Å². The number of nitrogens with zero attached hydrogens (tertiary/aromatic N) is 1. The molecule has 0 amide bonds. The number of carboxylic acids is 1. The number of rotatable bonds is 2. The summed E-state index contributed by atoms with van der Waals surface area (Å²) >= 11 is 23.7. The van der Waals surface area contributed by atoms with Crippen LogP contribution in [0.1, 0.15) is 10.4 Å². The first kappa shape index (κ1) is 14.4. The Balaban J connectivity index is 2.64. The maximum absolute atomic E-state index is 10.9. The molecule has 98 valence electrons. The van der Waals surface area contributed by atoms with Crippen molar-refractivity contribution in [3.63, 3.8) is 0 Å². The smallest absolute Gasteiger partial charge is 0.337 e. The zero-order chi connectivity index (χ0) is 14.2. The summed E-state index contributed by atoms with van der Waals surface area (Å²) in [5.74, 6) is -1.10. The van der Waals surface area contributed by atoms with Crippen LogP contribution in [0.3, 0.4) is 0 Å². The molecule has 7 heteroatoms. The largest absolute Gasteiger partial charge is 0.478 e. The highest BCUT2D eigenvalue weighted by molar-refractivity contribution is 6.48. The highest BCUT2D eigenvalue weighted by atomic mass is 35.5. The van der Waals surface area contributed by atoms with E-state index >= 15 is 0 Å². The van der Waals surface area contributed by atoms with E-state index in [2.05, 4.69) is 4.98 Å². The van der Waals surface area contributed by atoms with Crippen LogP contribution in [-0.4, -0.2) is 16.1 Å². The van der Waals surface area contributed by atoms with E-state index in [9.17, 15) is 4.79 Å². The predicted molar refractivity (Wildman–Crippen MR) is 76.7 cm³/mol. The molecule has 0 saturated heterocycles. The Morgan fingerprint density at radius 1 is 1.05 bits per heavy atom. The normalized spacial score (nSPS) is 10.5. The number of aromatic carboxylic acids is 1. The maximum Gasteiger partial charge on any atom is 0.337 e. The second-order valence-electron chi connectivity index (χ2n) is 3.62. The van der Waals surface area contributed by atoms with Gasteiger partial charge in [-0.25, -0.2) is 9.78 Å². The van der Waals surface area contributed by atoms with E-state index in [1.165, 1.54) is 12.3 Å². The van der Waals surface area contributed by atoms with Crippen LogP contribution in [-0.2, 0) is 0 Å². The third-order valence-corrected chi connectivity index (χ3v) is 3.88. The molecule has 2 rings (SSSR count). The second-order valence-corrected chi connectivity index (χ2v) is 5.17. The lowest BCUT2D eigenvalue weighted by atomic mass is 10.1. The van der Waals surface area contributed by atoms with E-state index in [0.717, 1.165) is 0 Å². The first-order valence-corrected chi connectivity index (χ1v) is 6.45. The number of hydrogen-bond donors (Lipinski definition) is 1. The minimum Gasteiger partial charge on any atom is -0.478 e. The molecule has 19 heavy (non-hydrogen) atoms. The van der Waals surface area contributed by atoms with E-state index in [1.807, 2.05) is 0 Å². The van der Waals surface area contributed by atoms with Crippen LogP contribution in [0.5, 0.6) is 0 Å². The third-order valence-electron chi connectivity index (χ3n) is 2.38. The zero-order valence-corrected chi connectivity index (χ0v) is 12.1. The van der Waals surface area contributed by atoms with Gasteiger partial charge < -0.3 is 5.11 Å². The highest BCUT2D eigenvalue weighted by Gasteiger charge is 2.13. The number of pyridine rings is 1. The SMILES string of the molecule is O=C(O)c1cnc(Cl)c(-c2cc(Cl)c(Cl)c(Cl)c2)c1. The molecule has 0 bridgehead atoms. The fraction of sp³-hybridized carbons (Fsp3) is 0. The van der Waals surface area contributed by atoms with Gasteiger partial charge in [0.2, 0.25) is 0 Å². The quantitative estimate of drug-likeness (QED) is 0.616. The molecular weight excluding hydrogens is 332 g/mol. The lowest BCUT2D eigenvalue weighted by molar-refractivity contribution is 0.0696. The molecule has 0 unspecified atom stereocenters. The molecule has 0 radical (unpaired) electrons. The zero-order valence-electron chi connectivity index (χ0n) is 9.12. The Morgan fingerprint density at radius 3 is 2.16 bits per heavy atom. The Kier molecular flexibility index (Phi) is 4.21. The van der Waals surface area contributed by atoms with Crippen molar-refractivity contribution in [2.24, 2.45) is 0 Å². The summed E-state index contributed by atoms with van der Waals surface area (Å²) in [6.45, 7) is 0. The van der Waals surface area contributed by atoms with Gasteiger partial charge in [-0.05, 0) is 23.8 Å². The van der Waals surface area contributed by atoms with Crippen molar-refractivity contribution in [3.05, 3.63) is 50.2 Å². The van der Waals surface area contributed by atoms with Gasteiger partial charge in [0.25, 0.3) is 0 Å². The molecule has 0 fully saturated rings. The Bertz CT molecular complexity index is 650. The van der Waals surface area contributed by atoms with Crippen LogP contribution in [0.4, 0.5) is 0 Å². The molecule has 3 nitrogen and oxygen atoms in total. The van der Waals surface area contributed by atoms with E-state index in [4.69, 9.17) is 51.5 Å². The fourth-order valence-corrected chi connectivity index (χ4v) is 2.29. The molecule has 1 aromatic carbocycles. The highest BCUT2D eigenvalue weighted by Crippen LogP contribution is 2.37. The fourth-order valence-electron chi connectivity index (χ4n) is 1.48. The topological polar surface area (TPSA) is 50.2 Å². The molecule has 0 saturated carbocycles. The monoisotopic (exact) mass is 335 g/mol. The lowest BCUT2D eigenvalue weighted by Crippen LogP contribution is -1.98. The van der Waals surface area contributed by atoms with Gasteiger partial charge in [-0.1, -0.05) is 46.4 Å². The van der Waals surface area contributed by atoms with Crippen LogP contribution in [0.25, 0.3) is 11.1 Å². The Labute approximate surface area is 128 Å². The van der Waals surface area contributed by atoms with Crippen molar-refractivity contribution in [1.82, 2.24) is 4.98 Å². The number of carboxylic acid groups (broad SMARTS) is 1. The molecule has 0 aliphatic rings. The molecule has 1 N–H and O–H groups in total. The predicted octanol–water partition coefficient (Wildman–Crippen LogP) is 5.06. The summed E-state index contributed by atoms with van der Waals surface area (Å²) in [5, 5.41) is 9.83. The van der Waals surface area contributed by atoms with Gasteiger partial charge in [0.15, 0.2) is 0 Å². The van der Waals surface area contributed by atoms with Crippen LogP contribution >= 0.6 is 46.4 Å². The van der Waals surface area contributed by atoms with E-state index in [-0.39, 0.29) is 25.8 Å². The van der Waals surface area contributed by atoms with Crippen molar-refractivity contribution in [1.29, 1.82) is 0 Å². The van der Waals surface area contributed by atoms with Crippen molar-refractivity contribution in [2.75, 3.05) is 0 Å². The molecule has 0 spiro atoms. The average Bonchev–Trinajstić information content (AvgIpc) is 2.35. The summed E-state index contributed by atoms with van der Waals surface area (Å²) in [4.78, 5) is 14.8. The van der Waals surface area contributed by atoms with Gasteiger partial charge in [-0.3, -0.25) is 0 Å². The van der Waals surface area contributed by atoms with Crippen molar-refractivity contribution in [2.45, 2.75) is 0 Å². The standard InChI is InChI=1S/C12H5Cl4NO2/c13-8-2-5(3-9(14)10(8)15)7-1-6(12(18)19)4-17-11(7)16/h1-4H,(H,18,19). The summed E-state index contributed by atoms with van der Waals surface area (Å²) in [5.41, 5.74) is 0.976. The molecule has 2 aromatic rings. The Morgan fingerprint density at radius 2 is 1.63 bits per heavy atom. The van der Waals surface area contributed by atoms with Gasteiger partial charge in [0.05, 0.1) is 20.6 Å². The number of benzene rings is 1. The number of halogens is 4. The van der Waals surface area contributed by atoms with Gasteiger partial charge in [0, 0.05) is 11.8 Å². The van der Waals surface area contributed by atoms with Crippen LogP contribution in [0.2, 0.25) is 20.2 Å². The summed E-state index contributed by atoms with van der Waals surface area (Å²) in [6.07, 6.45) is 1.17. The minimum absolute atomic E-state index is 0.0154. The summed E-state index contributed by atoms with van der Waals surface area (Å²) in [7, 11) is 0. The molecule has 0 aliphatic carbocycles. The molecular formula is C12H5Cl4NO2. The van der Waals surface area contributed by atoms with E-state index < -0.39 is 5.97 Å². The minimum atomic E-state index is -1.10. The van der Waals surface area contributed by atoms with Gasteiger partial charge in [0.1, 0.15) is 5.15 Å². The number of carbonyl (C=O) groups is 1. The van der Waals surface area contributed by atoms with Crippen molar-refractivity contribution >= 4 is 52.4 Å². The van der Waals surface area contributed by atoms with Crippen molar-refractivity contribution in [3.8, 4) is 11.1 Å². The molecule has 0 aliphatic heterocycles. The number of hydrogen-bond acceptors (Lipinski definition) is 2. The second kappa shape index (κ2) is 5.55. The molecule has 1 heterocycles. The average molecular weight is 337 g/mol. The van der Waals surface area contributed by atoms with Gasteiger partial charge in [-0.2, -0.15) is 0 Å². The van der Waals surface area contributed by atoms with Crippen LogP contribution in [0.15, 0.2) is 24.4 Å². The van der Waals surface area contributed by atoms with E-state index in [0.29, 0.717) is 11.1 Å². The lowest BCUT2D eigenvalue weighted by Gasteiger charge is -2.08. The van der Waals surface area contributed by atoms with Crippen LogP contribution < -0.4 is 0 Å².